The Morgan fingerprint density at radius 1 is 0.949 bits per heavy atom. The smallest absolute Gasteiger partial charge is 0.303 e. The van der Waals surface area contributed by atoms with Gasteiger partial charge in [-0.3, -0.25) is 4.79 Å². The topological polar surface area (TPSA) is 83.5 Å². The summed E-state index contributed by atoms with van der Waals surface area (Å²) in [4.78, 5) is 11.2. The number of sulfonamides is 1. The van der Waals surface area contributed by atoms with Crippen LogP contribution >= 0.6 is 15.9 Å². The quantitative estimate of drug-likeness (QED) is 0.206. The van der Waals surface area contributed by atoms with Crippen LogP contribution in [-0.2, 0) is 21.2 Å². The summed E-state index contributed by atoms with van der Waals surface area (Å²) in [5.41, 5.74) is 5.41. The molecule has 206 valence electrons. The number of carboxylic acid groups (broad SMARTS) is 1. The lowest BCUT2D eigenvalue weighted by molar-refractivity contribution is -0.137. The second kappa shape index (κ2) is 14.1. The molecule has 0 bridgehead atoms. The van der Waals surface area contributed by atoms with E-state index in [1.165, 1.54) is 37.7 Å². The molecule has 4 rings (SSSR count). The molecule has 0 heterocycles. The van der Waals surface area contributed by atoms with Crippen molar-refractivity contribution in [1.29, 1.82) is 0 Å². The summed E-state index contributed by atoms with van der Waals surface area (Å²) in [6.45, 7) is 0.315. The van der Waals surface area contributed by atoms with E-state index in [9.17, 15) is 13.2 Å². The number of aliphatic carboxylic acids is 1. The molecular weight excluding hydrogens is 574 g/mol. The summed E-state index contributed by atoms with van der Waals surface area (Å²) in [6.07, 6.45) is 10.2. The van der Waals surface area contributed by atoms with Gasteiger partial charge in [0.2, 0.25) is 10.0 Å². The molecule has 0 aliphatic heterocycles. The van der Waals surface area contributed by atoms with Gasteiger partial charge in [-0.1, -0.05) is 89.8 Å². The molecule has 0 saturated heterocycles. The Morgan fingerprint density at radius 2 is 1.67 bits per heavy atom. The van der Waals surface area contributed by atoms with E-state index in [1.807, 2.05) is 60.7 Å². The van der Waals surface area contributed by atoms with Gasteiger partial charge in [-0.2, -0.15) is 0 Å². The highest BCUT2D eigenvalue weighted by Gasteiger charge is 2.18. The molecule has 0 atom stereocenters. The minimum atomic E-state index is -3.56. The minimum absolute atomic E-state index is 0.141. The third kappa shape index (κ3) is 8.62. The second-order valence-corrected chi connectivity index (χ2v) is 12.8. The molecule has 2 N–H and O–H groups in total. The first-order valence-electron chi connectivity index (χ1n) is 13.7. The molecule has 0 spiro atoms. The summed E-state index contributed by atoms with van der Waals surface area (Å²) in [5.74, 6) is -0.237. The second-order valence-electron chi connectivity index (χ2n) is 10.2. The van der Waals surface area contributed by atoms with Crippen LogP contribution in [0.2, 0.25) is 0 Å². The Hall–Kier alpha value is -2.74. The Balaban J connectivity index is 1.37. The number of unbranched alkanes of at least 4 members (excludes halogenated alkanes) is 1. The number of hydrogen-bond acceptors (Lipinski definition) is 3. The van der Waals surface area contributed by atoms with Gasteiger partial charge in [0.1, 0.15) is 0 Å². The molecule has 3 aromatic rings. The van der Waals surface area contributed by atoms with Crippen LogP contribution in [0.3, 0.4) is 0 Å². The fraction of sp³-hybridized carbons (Fsp3) is 0.344. The van der Waals surface area contributed by atoms with Gasteiger partial charge in [-0.15, -0.1) is 0 Å². The molecule has 0 amide bonds. The lowest BCUT2D eigenvalue weighted by Gasteiger charge is -2.22. The van der Waals surface area contributed by atoms with E-state index in [0.717, 1.165) is 26.7 Å². The highest BCUT2D eigenvalue weighted by molar-refractivity contribution is 9.10. The van der Waals surface area contributed by atoms with Gasteiger partial charge in [0.15, 0.2) is 0 Å². The fourth-order valence-electron chi connectivity index (χ4n) is 5.18. The number of carbonyl (C=O) groups is 1. The first-order valence-corrected chi connectivity index (χ1v) is 16.0. The third-order valence-corrected chi connectivity index (χ3v) is 9.29. The molecule has 39 heavy (non-hydrogen) atoms. The molecule has 7 heteroatoms. The summed E-state index contributed by atoms with van der Waals surface area (Å²) in [5, 5.41) is 8.96. The van der Waals surface area contributed by atoms with Crippen molar-refractivity contribution >= 4 is 37.5 Å². The zero-order valence-electron chi connectivity index (χ0n) is 22.1. The largest absolute Gasteiger partial charge is 0.481 e. The van der Waals surface area contributed by atoms with Gasteiger partial charge >= 0.3 is 5.97 Å². The summed E-state index contributed by atoms with van der Waals surface area (Å²) < 4.78 is 29.4. The molecule has 0 radical (unpaired) electrons. The SMILES string of the molecule is O=C(O)CCC/C=C(/c1ccc(CCNS(=O)(=O)c2ccc(C3CCCCC3)cc2)cc1)c1cccc(Br)c1. The van der Waals surface area contributed by atoms with Crippen LogP contribution in [0.15, 0.2) is 88.2 Å². The van der Waals surface area contributed by atoms with Gasteiger partial charge in [-0.05, 0) is 90.1 Å². The van der Waals surface area contributed by atoms with Crippen molar-refractivity contribution in [2.75, 3.05) is 6.54 Å². The van der Waals surface area contributed by atoms with Crippen molar-refractivity contribution in [2.45, 2.75) is 68.6 Å². The van der Waals surface area contributed by atoms with Crippen LogP contribution in [0.25, 0.3) is 5.57 Å². The van der Waals surface area contributed by atoms with Crippen molar-refractivity contribution < 1.29 is 18.3 Å². The van der Waals surface area contributed by atoms with Crippen LogP contribution in [-0.4, -0.2) is 26.0 Å². The summed E-state index contributed by atoms with van der Waals surface area (Å²) in [7, 11) is -3.56. The number of allylic oxidation sites excluding steroid dienone is 1. The average molecular weight is 611 g/mol. The Kier molecular flexibility index (Phi) is 10.5. The molecule has 1 aliphatic carbocycles. The van der Waals surface area contributed by atoms with E-state index in [2.05, 4.69) is 26.7 Å². The van der Waals surface area contributed by atoms with Crippen molar-refractivity contribution in [3.05, 3.63) is 106 Å². The highest BCUT2D eigenvalue weighted by Crippen LogP contribution is 2.33. The van der Waals surface area contributed by atoms with E-state index in [4.69, 9.17) is 5.11 Å². The Labute approximate surface area is 240 Å². The molecule has 1 aliphatic rings. The number of hydrogen-bond donors (Lipinski definition) is 2. The highest BCUT2D eigenvalue weighted by atomic mass is 79.9. The molecule has 0 aromatic heterocycles. The molecule has 1 fully saturated rings. The van der Waals surface area contributed by atoms with Gasteiger partial charge in [0.05, 0.1) is 4.90 Å². The lowest BCUT2D eigenvalue weighted by atomic mass is 9.84. The molecule has 5 nitrogen and oxygen atoms in total. The van der Waals surface area contributed by atoms with Crippen molar-refractivity contribution in [3.8, 4) is 0 Å². The first kappa shape index (κ1) is 29.2. The molecule has 3 aromatic carbocycles. The maximum atomic E-state index is 12.8. The molecular formula is C32H36BrNO4S. The van der Waals surface area contributed by atoms with Gasteiger partial charge < -0.3 is 5.11 Å². The number of benzene rings is 3. The number of carboxylic acids is 1. The van der Waals surface area contributed by atoms with Crippen molar-refractivity contribution in [1.82, 2.24) is 4.72 Å². The number of rotatable bonds is 12. The third-order valence-electron chi connectivity index (χ3n) is 7.32. The number of halogens is 1. The van der Waals surface area contributed by atoms with Crippen LogP contribution in [0.5, 0.6) is 0 Å². The Morgan fingerprint density at radius 3 is 2.33 bits per heavy atom. The fourth-order valence-corrected chi connectivity index (χ4v) is 6.61. The maximum Gasteiger partial charge on any atom is 0.303 e. The minimum Gasteiger partial charge on any atom is -0.481 e. The standard InChI is InChI=1S/C32H36BrNO4S/c33-29-10-6-9-28(23-29)31(11-4-5-12-32(35)36)27-15-13-24(14-16-27)21-22-34-39(37,38)30-19-17-26(18-20-30)25-7-2-1-3-8-25/h6,9-11,13-20,23,25,34H,1-5,7-8,12,21-22H2,(H,35,36)/b31-11-. The zero-order chi connectivity index (χ0) is 27.7. The van der Waals surface area contributed by atoms with Crippen LogP contribution in [0, 0.1) is 0 Å². The van der Waals surface area contributed by atoms with Gasteiger partial charge in [0.25, 0.3) is 0 Å². The Bertz CT molecular complexity index is 1380. The van der Waals surface area contributed by atoms with Crippen LogP contribution in [0.4, 0.5) is 0 Å². The normalized spacial score (nSPS) is 14.8. The number of nitrogens with one attached hydrogen (secondary N) is 1. The van der Waals surface area contributed by atoms with E-state index < -0.39 is 16.0 Å². The van der Waals surface area contributed by atoms with E-state index in [-0.39, 0.29) is 6.42 Å². The average Bonchev–Trinajstić information content (AvgIpc) is 2.94. The van der Waals surface area contributed by atoms with Gasteiger partial charge in [-0.25, -0.2) is 13.1 Å². The maximum absolute atomic E-state index is 12.8. The van der Waals surface area contributed by atoms with Crippen molar-refractivity contribution in [2.24, 2.45) is 0 Å². The monoisotopic (exact) mass is 609 g/mol. The molecule has 0 unspecified atom stereocenters. The van der Waals surface area contributed by atoms with Gasteiger partial charge in [0, 0.05) is 17.4 Å². The van der Waals surface area contributed by atoms with E-state index >= 15 is 0 Å². The van der Waals surface area contributed by atoms with Crippen LogP contribution < -0.4 is 4.72 Å². The lowest BCUT2D eigenvalue weighted by Crippen LogP contribution is -2.26. The zero-order valence-corrected chi connectivity index (χ0v) is 24.5. The molecule has 1 saturated carbocycles. The first-order chi connectivity index (χ1) is 18.8. The van der Waals surface area contributed by atoms with Crippen LogP contribution in [0.1, 0.15) is 79.5 Å². The van der Waals surface area contributed by atoms with E-state index in [1.54, 1.807) is 12.1 Å². The predicted octanol–water partition coefficient (Wildman–Crippen LogP) is 7.70. The summed E-state index contributed by atoms with van der Waals surface area (Å²) >= 11 is 3.54. The predicted molar refractivity (Wildman–Crippen MR) is 160 cm³/mol. The van der Waals surface area contributed by atoms with Crippen molar-refractivity contribution in [3.63, 3.8) is 0 Å². The van der Waals surface area contributed by atoms with E-state index in [0.29, 0.717) is 36.6 Å². The summed E-state index contributed by atoms with van der Waals surface area (Å²) in [6, 6.07) is 23.6.